The number of aromatic amines is 1. The number of nitrogens with zero attached hydrogens (tertiary/aromatic N) is 3. The van der Waals surface area contributed by atoms with Crippen LogP contribution in [0.15, 0.2) is 71.5 Å². The van der Waals surface area contributed by atoms with Crippen LogP contribution in [0, 0.1) is 5.41 Å². The third-order valence-electron chi connectivity index (χ3n) is 6.73. The van der Waals surface area contributed by atoms with Crippen molar-refractivity contribution in [3.05, 3.63) is 99.7 Å². The van der Waals surface area contributed by atoms with Gasteiger partial charge in [-0.2, -0.15) is 31.0 Å². The normalized spacial score (nSPS) is 12.2. The van der Waals surface area contributed by atoms with Crippen molar-refractivity contribution in [1.82, 2.24) is 19.7 Å². The number of H-pyrrole nitrogens is 1. The molecule has 0 spiro atoms. The number of rotatable bonds is 12. The summed E-state index contributed by atoms with van der Waals surface area (Å²) in [5.41, 5.74) is 6.99. The first-order valence-corrected chi connectivity index (χ1v) is 15.3. The Morgan fingerprint density at radius 3 is 1.96 bits per heavy atom. The maximum absolute atomic E-state index is 13.0. The molecule has 0 saturated heterocycles. The van der Waals surface area contributed by atoms with Gasteiger partial charge in [0.15, 0.2) is 17.3 Å². The minimum Gasteiger partial charge on any atom is -0.493 e. The number of amidine groups is 1. The largest absolute Gasteiger partial charge is 0.493 e. The second-order valence-electron chi connectivity index (χ2n) is 11.3. The van der Waals surface area contributed by atoms with E-state index in [2.05, 4.69) is 15.4 Å². The van der Waals surface area contributed by atoms with Gasteiger partial charge < -0.3 is 40.7 Å². The molecule has 1 aromatic heterocycles. The number of alkyl halides is 6. The monoisotopic (exact) mass is 787 g/mol. The lowest BCUT2D eigenvalue weighted by Gasteiger charge is -2.22. The maximum Gasteiger partial charge on any atom is 0.490 e. The number of methoxy groups -OCH3 is 1. The molecule has 55 heavy (non-hydrogen) atoms. The third kappa shape index (κ3) is 13.4. The van der Waals surface area contributed by atoms with Crippen LogP contribution in [-0.2, 0) is 9.59 Å². The number of nitrogen functional groups attached to an aromatic ring is 1. The minimum absolute atomic E-state index is 0.0583. The Hall–Kier alpha value is -6.58. The van der Waals surface area contributed by atoms with Crippen molar-refractivity contribution in [3.63, 3.8) is 0 Å². The van der Waals surface area contributed by atoms with Gasteiger partial charge in [-0.1, -0.05) is 18.2 Å². The highest BCUT2D eigenvalue weighted by Gasteiger charge is 2.39. The molecule has 1 heterocycles. The molecule has 8 N–H and O–H groups in total. The summed E-state index contributed by atoms with van der Waals surface area (Å²) >= 11 is 0. The lowest BCUT2D eigenvalue weighted by atomic mass is 10.0. The van der Waals surface area contributed by atoms with Crippen molar-refractivity contribution in [1.29, 1.82) is 5.41 Å². The average molecular weight is 788 g/mol. The summed E-state index contributed by atoms with van der Waals surface area (Å²) in [5, 5.41) is 39.4. The molecule has 3 aromatic carbocycles. The van der Waals surface area contributed by atoms with Gasteiger partial charge in [0.2, 0.25) is 0 Å². The zero-order valence-corrected chi connectivity index (χ0v) is 29.2. The van der Waals surface area contributed by atoms with E-state index >= 15 is 0 Å². The van der Waals surface area contributed by atoms with Crippen LogP contribution in [0.5, 0.6) is 11.5 Å². The van der Waals surface area contributed by atoms with Gasteiger partial charge in [0.1, 0.15) is 18.0 Å². The number of hydrogen-bond donors (Lipinski definition) is 7. The molecule has 0 amide bonds. The summed E-state index contributed by atoms with van der Waals surface area (Å²) in [5.74, 6) is -5.46. The molecule has 22 heteroatoms. The smallest absolute Gasteiger partial charge is 0.490 e. The van der Waals surface area contributed by atoms with Gasteiger partial charge in [-0.05, 0) is 75.1 Å². The second-order valence-corrected chi connectivity index (χ2v) is 11.3. The number of nitrogens with two attached hydrogens (primary N) is 1. The first kappa shape index (κ1) is 44.6. The van der Waals surface area contributed by atoms with Gasteiger partial charge in [-0.25, -0.2) is 19.2 Å². The van der Waals surface area contributed by atoms with Crippen molar-refractivity contribution >= 4 is 29.4 Å². The fourth-order valence-electron chi connectivity index (χ4n) is 4.42. The molecule has 4 rings (SSSR count). The van der Waals surface area contributed by atoms with E-state index < -0.39 is 42.0 Å². The van der Waals surface area contributed by atoms with E-state index in [0.717, 1.165) is 4.68 Å². The number of carboxylic acids is 3. The summed E-state index contributed by atoms with van der Waals surface area (Å²) in [6.07, 6.45) is -10.3. The number of likely N-dealkylation sites (N-methyl/N-ethyl adjacent to an activating group) is 1. The highest BCUT2D eigenvalue weighted by Crippen LogP contribution is 2.34. The van der Waals surface area contributed by atoms with E-state index in [1.54, 1.807) is 55.6 Å². The first-order chi connectivity index (χ1) is 25.5. The summed E-state index contributed by atoms with van der Waals surface area (Å²) in [6, 6.07) is 17.8. The van der Waals surface area contributed by atoms with E-state index in [9.17, 15) is 41.0 Å². The number of aliphatic carboxylic acids is 2. The van der Waals surface area contributed by atoms with E-state index in [0.29, 0.717) is 34.9 Å². The predicted molar refractivity (Wildman–Crippen MR) is 183 cm³/mol. The van der Waals surface area contributed by atoms with Gasteiger partial charge >= 0.3 is 36.0 Å². The van der Waals surface area contributed by atoms with Gasteiger partial charge in [0.25, 0.3) is 0 Å². The average Bonchev–Trinajstić information content (AvgIpc) is 3.47. The fraction of sp³-hybridized carbons (Fsp3) is 0.273. The number of aromatic nitrogens is 3. The Morgan fingerprint density at radius 1 is 0.945 bits per heavy atom. The van der Waals surface area contributed by atoms with Crippen molar-refractivity contribution in [3.8, 4) is 17.2 Å². The molecule has 0 saturated carbocycles. The minimum atomic E-state index is -5.08. The molecule has 4 aromatic rings. The van der Waals surface area contributed by atoms with Crippen LogP contribution in [0.2, 0.25) is 0 Å². The number of aromatic carboxylic acids is 1. The lowest BCUT2D eigenvalue weighted by molar-refractivity contribution is -0.193. The first-order valence-electron chi connectivity index (χ1n) is 15.3. The van der Waals surface area contributed by atoms with Crippen molar-refractivity contribution in [2.45, 2.75) is 31.4 Å². The molecule has 0 aliphatic rings. The highest BCUT2D eigenvalue weighted by atomic mass is 19.4. The molecule has 0 aliphatic carbocycles. The van der Waals surface area contributed by atoms with E-state index in [1.807, 2.05) is 32.0 Å². The standard InChI is InChI=1S/C29H33N7O5.2C2HF3O2/c1-17(16-35(2)3)41-23-14-11-19(15-24(23)40-4)25(32-20-12-9-18(10-13-20)26(30)31)27-33-29(39)36(34-27)22-8-6-5-7-21(22)28(37)38;2*3-2(4,5)1(6)7/h5-15,17,25,32H,16H2,1-4H3,(H3,30,31)(H,37,38)(H,33,34,39);2*(H,6,7). The molecule has 0 aliphatic heterocycles. The molecule has 298 valence electrons. The third-order valence-corrected chi connectivity index (χ3v) is 6.73. The Bertz CT molecular complexity index is 1990. The quantitative estimate of drug-likeness (QED) is 0.0601. The zero-order chi connectivity index (χ0) is 41.8. The number of nitrogens with one attached hydrogen (secondary N) is 3. The number of carboxylic acid groups (broad SMARTS) is 3. The molecule has 16 nitrogen and oxygen atoms in total. The Morgan fingerprint density at radius 2 is 1.49 bits per heavy atom. The predicted octanol–water partition coefficient (Wildman–Crippen LogP) is 4.35. The number of ether oxygens (including phenoxy) is 2. The van der Waals surface area contributed by atoms with Crippen LogP contribution in [0.4, 0.5) is 32.0 Å². The van der Waals surface area contributed by atoms with Crippen LogP contribution >= 0.6 is 0 Å². The van der Waals surface area contributed by atoms with Gasteiger partial charge in [-0.15, -0.1) is 5.10 Å². The summed E-state index contributed by atoms with van der Waals surface area (Å²) in [4.78, 5) is 47.4. The number of halogens is 6. The summed E-state index contributed by atoms with van der Waals surface area (Å²) < 4.78 is 76.3. The number of carbonyl (C=O) groups is 3. The van der Waals surface area contributed by atoms with E-state index in [4.69, 9.17) is 40.4 Å². The maximum atomic E-state index is 13.0. The van der Waals surface area contributed by atoms with Crippen LogP contribution in [0.25, 0.3) is 5.69 Å². The molecule has 0 fully saturated rings. The van der Waals surface area contributed by atoms with Gasteiger partial charge in [-0.3, -0.25) is 10.4 Å². The fourth-order valence-corrected chi connectivity index (χ4v) is 4.42. The topological polar surface area (TPSA) is 246 Å². The van der Waals surface area contributed by atoms with Crippen LogP contribution in [0.3, 0.4) is 0 Å². The molecule has 0 radical (unpaired) electrons. The summed E-state index contributed by atoms with van der Waals surface area (Å²) in [7, 11) is 5.48. The Labute approximate surface area is 307 Å². The van der Waals surface area contributed by atoms with Crippen LogP contribution in [0.1, 0.15) is 40.3 Å². The number of para-hydroxylation sites is 1. The molecule has 0 bridgehead atoms. The molecular formula is C33H35F6N7O9. The van der Waals surface area contributed by atoms with E-state index in [1.165, 1.54) is 12.1 Å². The van der Waals surface area contributed by atoms with E-state index in [-0.39, 0.29) is 29.0 Å². The number of anilines is 1. The van der Waals surface area contributed by atoms with Gasteiger partial charge in [0.05, 0.1) is 18.4 Å². The zero-order valence-electron chi connectivity index (χ0n) is 29.2. The van der Waals surface area contributed by atoms with Gasteiger partial charge in [0, 0.05) is 17.8 Å². The second kappa shape index (κ2) is 19.0. The Balaban J connectivity index is 0.000000633. The SMILES string of the molecule is COc1cc(C(Nc2ccc(C(=N)N)cc2)c2nn(-c3ccccc3C(=O)O)c(=O)[nH]2)ccc1OC(C)CN(C)C.O=C(O)C(F)(F)F.O=C(O)C(F)(F)F. The number of hydrogen-bond acceptors (Lipinski definition) is 10. The highest BCUT2D eigenvalue weighted by molar-refractivity contribution is 5.95. The Kier molecular flexibility index (Phi) is 15.4. The van der Waals surface area contributed by atoms with Crippen molar-refractivity contribution < 1.29 is 65.5 Å². The molecule has 2 atom stereocenters. The van der Waals surface area contributed by atoms with Crippen LogP contribution in [-0.4, -0.2) is 105 Å². The van der Waals surface area contributed by atoms with Crippen LogP contribution < -0.4 is 26.2 Å². The summed E-state index contributed by atoms with van der Waals surface area (Å²) in [6.45, 7) is 2.68. The lowest BCUT2D eigenvalue weighted by Crippen LogP contribution is -2.28. The number of benzene rings is 3. The van der Waals surface area contributed by atoms with Crippen molar-refractivity contribution in [2.24, 2.45) is 5.73 Å². The molecule has 2 unspecified atom stereocenters. The molecular weight excluding hydrogens is 752 g/mol. The van der Waals surface area contributed by atoms with Crippen molar-refractivity contribution in [2.75, 3.05) is 33.1 Å².